The molecule has 0 saturated heterocycles. The molecule has 9 heteroatoms. The second-order valence-electron chi connectivity index (χ2n) is 7.66. The summed E-state index contributed by atoms with van der Waals surface area (Å²) < 4.78 is 14.0. The second-order valence-corrected chi connectivity index (χ2v) is 8.10. The topological polar surface area (TPSA) is 90.9 Å². The van der Waals surface area contributed by atoms with Crippen LogP contribution in [-0.2, 0) is 0 Å². The molecule has 0 bridgehead atoms. The van der Waals surface area contributed by atoms with Crippen LogP contribution >= 0.6 is 11.6 Å². The van der Waals surface area contributed by atoms with Crippen molar-refractivity contribution in [2.75, 3.05) is 13.7 Å². The number of pyridine rings is 1. The van der Waals surface area contributed by atoms with Crippen LogP contribution < -0.4 is 15.0 Å². The van der Waals surface area contributed by atoms with Gasteiger partial charge in [-0.25, -0.2) is 4.52 Å². The lowest BCUT2D eigenvalue weighted by atomic mass is 10.2. The molecule has 1 aromatic carbocycles. The van der Waals surface area contributed by atoms with E-state index in [1.165, 1.54) is 22.5 Å². The number of benzene rings is 1. The second kappa shape index (κ2) is 8.05. The van der Waals surface area contributed by atoms with Gasteiger partial charge in [-0.2, -0.15) is 5.10 Å². The van der Waals surface area contributed by atoms with Crippen LogP contribution in [0.2, 0.25) is 5.02 Å². The molecule has 31 heavy (non-hydrogen) atoms. The van der Waals surface area contributed by atoms with Crippen molar-refractivity contribution in [3.8, 4) is 28.4 Å². The lowest BCUT2D eigenvalue weighted by Crippen LogP contribution is -2.28. The Bertz CT molecular complexity index is 1290. The van der Waals surface area contributed by atoms with E-state index < -0.39 is 5.60 Å². The number of nitrogens with zero attached hydrogens (tertiary/aromatic N) is 4. The van der Waals surface area contributed by atoms with E-state index in [4.69, 9.17) is 21.1 Å². The van der Waals surface area contributed by atoms with Gasteiger partial charge in [0.15, 0.2) is 11.5 Å². The third-order valence-corrected chi connectivity index (χ3v) is 4.78. The van der Waals surface area contributed by atoms with Gasteiger partial charge in [0.2, 0.25) is 0 Å². The fraction of sp³-hybridized carbons (Fsp3) is 0.227. The molecule has 3 aromatic heterocycles. The largest absolute Gasteiger partial charge is 0.493 e. The lowest BCUT2D eigenvalue weighted by molar-refractivity contribution is 0.0276. The Kier molecular flexibility index (Phi) is 5.43. The maximum Gasteiger partial charge on any atom is 0.282 e. The summed E-state index contributed by atoms with van der Waals surface area (Å²) >= 11 is 5.90. The SMILES string of the molecule is COc1cc(-n2cnn3cc(-c4ccc(Cl)cn4)cc3c2=O)ccc1OCC(C)(C)O. The molecule has 0 aliphatic heterocycles. The van der Waals surface area contributed by atoms with Crippen molar-refractivity contribution >= 4 is 17.1 Å². The van der Waals surface area contributed by atoms with Gasteiger partial charge in [-0.1, -0.05) is 11.6 Å². The molecule has 160 valence electrons. The highest BCUT2D eigenvalue weighted by molar-refractivity contribution is 6.30. The van der Waals surface area contributed by atoms with Crippen LogP contribution in [0.25, 0.3) is 22.5 Å². The van der Waals surface area contributed by atoms with Crippen LogP contribution in [0.3, 0.4) is 0 Å². The minimum absolute atomic E-state index is 0.0990. The highest BCUT2D eigenvalue weighted by atomic mass is 35.5. The highest BCUT2D eigenvalue weighted by Gasteiger charge is 2.16. The van der Waals surface area contributed by atoms with E-state index in [1.807, 2.05) is 0 Å². The molecule has 0 saturated carbocycles. The number of hydrogen-bond donors (Lipinski definition) is 1. The number of hydrogen-bond acceptors (Lipinski definition) is 6. The number of methoxy groups -OCH3 is 1. The Balaban J connectivity index is 1.71. The zero-order valence-electron chi connectivity index (χ0n) is 17.2. The molecule has 8 nitrogen and oxygen atoms in total. The normalized spacial score (nSPS) is 11.6. The van der Waals surface area contributed by atoms with Gasteiger partial charge in [-0.05, 0) is 44.2 Å². The van der Waals surface area contributed by atoms with Gasteiger partial charge in [0.1, 0.15) is 18.5 Å². The Morgan fingerprint density at radius 3 is 2.65 bits per heavy atom. The molecule has 4 aromatic rings. The van der Waals surface area contributed by atoms with Crippen molar-refractivity contribution in [2.45, 2.75) is 19.4 Å². The first-order valence-electron chi connectivity index (χ1n) is 9.51. The molecule has 0 spiro atoms. The summed E-state index contributed by atoms with van der Waals surface area (Å²) in [6.07, 6.45) is 4.74. The molecule has 0 radical (unpaired) electrons. The summed E-state index contributed by atoms with van der Waals surface area (Å²) in [5.74, 6) is 0.907. The first-order chi connectivity index (χ1) is 14.7. The monoisotopic (exact) mass is 440 g/mol. The summed E-state index contributed by atoms with van der Waals surface area (Å²) in [6, 6.07) is 10.4. The molecule has 1 N–H and O–H groups in total. The Morgan fingerprint density at radius 2 is 1.97 bits per heavy atom. The van der Waals surface area contributed by atoms with E-state index in [9.17, 15) is 9.90 Å². The quantitative estimate of drug-likeness (QED) is 0.494. The number of rotatable bonds is 6. The van der Waals surface area contributed by atoms with E-state index in [0.717, 1.165) is 5.56 Å². The van der Waals surface area contributed by atoms with Crippen molar-refractivity contribution in [2.24, 2.45) is 0 Å². The number of halogens is 1. The van der Waals surface area contributed by atoms with E-state index in [2.05, 4.69) is 10.1 Å². The molecular weight excluding hydrogens is 420 g/mol. The fourth-order valence-electron chi connectivity index (χ4n) is 3.04. The number of fused-ring (bicyclic) bond motifs is 1. The van der Waals surface area contributed by atoms with E-state index >= 15 is 0 Å². The van der Waals surface area contributed by atoms with Crippen molar-refractivity contribution in [3.05, 3.63) is 70.5 Å². The van der Waals surface area contributed by atoms with Crippen LogP contribution in [0.1, 0.15) is 13.8 Å². The summed E-state index contributed by atoms with van der Waals surface area (Å²) in [4.78, 5) is 17.4. The molecule has 4 rings (SSSR count). The summed E-state index contributed by atoms with van der Waals surface area (Å²) in [5, 5.41) is 14.8. The zero-order valence-corrected chi connectivity index (χ0v) is 18.0. The van der Waals surface area contributed by atoms with Gasteiger partial charge in [-0.3, -0.25) is 14.3 Å². The van der Waals surface area contributed by atoms with Gasteiger partial charge < -0.3 is 14.6 Å². The average molecular weight is 441 g/mol. The molecule has 0 unspecified atom stereocenters. The molecular formula is C22H21ClN4O4. The molecule has 3 heterocycles. The summed E-state index contributed by atoms with van der Waals surface area (Å²) in [5.41, 5.74) is 1.18. The van der Waals surface area contributed by atoms with Gasteiger partial charge in [0, 0.05) is 24.0 Å². The third-order valence-electron chi connectivity index (χ3n) is 4.56. The van der Waals surface area contributed by atoms with E-state index in [-0.39, 0.29) is 12.2 Å². The standard InChI is InChI=1S/C22H21ClN4O4/c1-22(2,29)12-31-19-7-5-16(9-20(19)30-3)26-13-25-27-11-14(8-18(27)21(26)28)17-6-4-15(23)10-24-17/h4-11,13,29H,12H2,1-3H3. The van der Waals surface area contributed by atoms with Crippen molar-refractivity contribution in [1.29, 1.82) is 0 Å². The van der Waals surface area contributed by atoms with Crippen LogP contribution in [0.5, 0.6) is 11.5 Å². The highest BCUT2D eigenvalue weighted by Crippen LogP contribution is 2.30. The fourth-order valence-corrected chi connectivity index (χ4v) is 3.15. The van der Waals surface area contributed by atoms with Gasteiger partial charge in [0.05, 0.1) is 29.1 Å². The Hall–Kier alpha value is -3.36. The summed E-state index contributed by atoms with van der Waals surface area (Å²) in [6.45, 7) is 3.40. The smallest absolute Gasteiger partial charge is 0.282 e. The molecule has 0 amide bonds. The van der Waals surface area contributed by atoms with E-state index in [0.29, 0.717) is 33.4 Å². The van der Waals surface area contributed by atoms with Crippen molar-refractivity contribution in [3.63, 3.8) is 0 Å². The van der Waals surface area contributed by atoms with E-state index in [1.54, 1.807) is 62.6 Å². The minimum Gasteiger partial charge on any atom is -0.493 e. The van der Waals surface area contributed by atoms with Crippen LogP contribution in [-0.4, -0.2) is 43.6 Å². The summed E-state index contributed by atoms with van der Waals surface area (Å²) in [7, 11) is 1.51. The first kappa shape index (κ1) is 20.9. The molecule has 0 atom stereocenters. The van der Waals surface area contributed by atoms with Crippen molar-refractivity contribution < 1.29 is 14.6 Å². The number of aliphatic hydroxyl groups is 1. The van der Waals surface area contributed by atoms with Crippen LogP contribution in [0, 0.1) is 0 Å². The maximum absolute atomic E-state index is 13.1. The number of aromatic nitrogens is 4. The maximum atomic E-state index is 13.1. The molecule has 0 fully saturated rings. The Labute approximate surface area is 183 Å². The van der Waals surface area contributed by atoms with Crippen LogP contribution in [0.4, 0.5) is 0 Å². The predicted octanol–water partition coefficient (Wildman–Crippen LogP) is 3.36. The first-order valence-corrected chi connectivity index (χ1v) is 9.88. The average Bonchev–Trinajstić information content (AvgIpc) is 3.18. The van der Waals surface area contributed by atoms with Crippen LogP contribution in [0.15, 0.2) is 59.9 Å². The van der Waals surface area contributed by atoms with Gasteiger partial charge in [-0.15, -0.1) is 0 Å². The van der Waals surface area contributed by atoms with Gasteiger partial charge >= 0.3 is 0 Å². The van der Waals surface area contributed by atoms with Gasteiger partial charge in [0.25, 0.3) is 5.56 Å². The molecule has 0 aliphatic rings. The molecule has 0 aliphatic carbocycles. The minimum atomic E-state index is -0.985. The zero-order chi connectivity index (χ0) is 22.2. The van der Waals surface area contributed by atoms with Crippen molar-refractivity contribution in [1.82, 2.24) is 19.2 Å². The Morgan fingerprint density at radius 1 is 1.16 bits per heavy atom. The third kappa shape index (κ3) is 4.40. The lowest BCUT2D eigenvalue weighted by Gasteiger charge is -2.19. The number of ether oxygens (including phenoxy) is 2. The predicted molar refractivity (Wildman–Crippen MR) is 117 cm³/mol.